The van der Waals surface area contributed by atoms with Gasteiger partial charge in [-0.3, -0.25) is 5.32 Å². The average molecular weight is 325 g/mol. The van der Waals surface area contributed by atoms with Crippen molar-refractivity contribution in [3.8, 4) is 0 Å². The summed E-state index contributed by atoms with van der Waals surface area (Å²) in [6.45, 7) is 0.670. The molecule has 23 heavy (non-hydrogen) atoms. The highest BCUT2D eigenvalue weighted by atomic mass is 32.1. The third-order valence-electron chi connectivity index (χ3n) is 3.53. The second-order valence-electron chi connectivity index (χ2n) is 5.31. The summed E-state index contributed by atoms with van der Waals surface area (Å²) in [7, 11) is 0. The molecule has 2 amide bonds. The molecule has 0 aliphatic heterocycles. The molecule has 5 heteroatoms. The van der Waals surface area contributed by atoms with Gasteiger partial charge >= 0.3 is 6.03 Å². The predicted octanol–water partition coefficient (Wildman–Crippen LogP) is 4.44. The minimum Gasteiger partial charge on any atom is -0.338 e. The first kappa shape index (κ1) is 15.5. The number of hydrogen-bond donors (Lipinski definition) is 2. The van der Waals surface area contributed by atoms with Crippen LogP contribution in [0.3, 0.4) is 0 Å². The fraction of sp³-hybridized carbons (Fsp3) is 0.222. The highest BCUT2D eigenvalue weighted by Gasteiger charge is 2.06. The zero-order valence-corrected chi connectivity index (χ0v) is 13.6. The third kappa shape index (κ3) is 4.53. The smallest absolute Gasteiger partial charge is 0.321 e. The van der Waals surface area contributed by atoms with Gasteiger partial charge in [-0.05, 0) is 37.0 Å². The molecule has 0 spiro atoms. The molecular formula is C18H19N3OS. The van der Waals surface area contributed by atoms with E-state index in [1.807, 2.05) is 30.3 Å². The predicted molar refractivity (Wildman–Crippen MR) is 96.0 cm³/mol. The van der Waals surface area contributed by atoms with Crippen molar-refractivity contribution in [1.82, 2.24) is 10.3 Å². The van der Waals surface area contributed by atoms with Crippen molar-refractivity contribution in [2.75, 3.05) is 11.9 Å². The van der Waals surface area contributed by atoms with Crippen molar-refractivity contribution in [1.29, 1.82) is 0 Å². The second kappa shape index (κ2) is 7.74. The molecule has 2 aromatic carbocycles. The minimum atomic E-state index is -0.191. The van der Waals surface area contributed by atoms with Crippen LogP contribution in [-0.2, 0) is 6.42 Å². The molecule has 1 aromatic heterocycles. The van der Waals surface area contributed by atoms with Crippen LogP contribution in [0.2, 0.25) is 0 Å². The van der Waals surface area contributed by atoms with Crippen molar-refractivity contribution in [3.05, 3.63) is 60.2 Å². The van der Waals surface area contributed by atoms with Crippen LogP contribution in [0, 0.1) is 0 Å². The molecule has 0 fully saturated rings. The van der Waals surface area contributed by atoms with Gasteiger partial charge < -0.3 is 5.32 Å². The summed E-state index contributed by atoms with van der Waals surface area (Å²) in [5.74, 6) is 0. The SMILES string of the molecule is O=C(NCCCCc1ccccc1)Nc1nc2ccccc2s1. The number of carbonyl (C=O) groups is 1. The number of thiazole rings is 1. The van der Waals surface area contributed by atoms with Crippen molar-refractivity contribution in [3.63, 3.8) is 0 Å². The number of aromatic nitrogens is 1. The number of carbonyl (C=O) groups excluding carboxylic acids is 1. The lowest BCUT2D eigenvalue weighted by Crippen LogP contribution is -2.29. The molecule has 1 heterocycles. The summed E-state index contributed by atoms with van der Waals surface area (Å²) in [6, 6.07) is 18.1. The van der Waals surface area contributed by atoms with Crippen LogP contribution in [0.25, 0.3) is 10.2 Å². The standard InChI is InChI=1S/C18H19N3OS/c22-17(19-13-7-6-10-14-8-2-1-3-9-14)21-18-20-15-11-4-5-12-16(15)23-18/h1-5,8-9,11-12H,6-7,10,13H2,(H2,19,20,21,22). The van der Waals surface area contributed by atoms with Gasteiger partial charge in [0.15, 0.2) is 5.13 Å². The summed E-state index contributed by atoms with van der Waals surface area (Å²) >= 11 is 1.48. The Hall–Kier alpha value is -2.40. The highest BCUT2D eigenvalue weighted by molar-refractivity contribution is 7.22. The van der Waals surface area contributed by atoms with Crippen LogP contribution < -0.4 is 10.6 Å². The average Bonchev–Trinajstić information content (AvgIpc) is 2.97. The lowest BCUT2D eigenvalue weighted by molar-refractivity contribution is 0.252. The summed E-state index contributed by atoms with van der Waals surface area (Å²) in [5, 5.41) is 6.31. The largest absolute Gasteiger partial charge is 0.338 e. The Morgan fingerprint density at radius 3 is 2.61 bits per heavy atom. The maximum atomic E-state index is 11.9. The molecule has 0 bridgehead atoms. The molecule has 118 valence electrons. The second-order valence-corrected chi connectivity index (χ2v) is 6.34. The van der Waals surface area contributed by atoms with E-state index >= 15 is 0 Å². The molecule has 0 saturated heterocycles. The first-order valence-electron chi connectivity index (χ1n) is 7.75. The van der Waals surface area contributed by atoms with Crippen molar-refractivity contribution >= 4 is 32.7 Å². The van der Waals surface area contributed by atoms with Crippen LogP contribution in [0.15, 0.2) is 54.6 Å². The quantitative estimate of drug-likeness (QED) is 0.658. The first-order valence-corrected chi connectivity index (χ1v) is 8.57. The Labute approximate surface area is 139 Å². The number of nitrogens with one attached hydrogen (secondary N) is 2. The van der Waals surface area contributed by atoms with E-state index in [0.29, 0.717) is 11.7 Å². The van der Waals surface area contributed by atoms with E-state index in [2.05, 4.69) is 39.9 Å². The van der Waals surface area contributed by atoms with Gasteiger partial charge in [0.2, 0.25) is 0 Å². The van der Waals surface area contributed by atoms with Gasteiger partial charge in [-0.2, -0.15) is 0 Å². The molecular weight excluding hydrogens is 306 g/mol. The van der Waals surface area contributed by atoms with Crippen molar-refractivity contribution in [2.45, 2.75) is 19.3 Å². The van der Waals surface area contributed by atoms with Crippen molar-refractivity contribution < 1.29 is 4.79 Å². The number of para-hydroxylation sites is 1. The van der Waals surface area contributed by atoms with Crippen LogP contribution in [0.5, 0.6) is 0 Å². The van der Waals surface area contributed by atoms with E-state index in [9.17, 15) is 4.79 Å². The molecule has 0 aliphatic carbocycles. The number of urea groups is 1. The molecule has 0 atom stereocenters. The Morgan fingerprint density at radius 1 is 1.00 bits per heavy atom. The molecule has 0 unspecified atom stereocenters. The molecule has 3 aromatic rings. The van der Waals surface area contributed by atoms with E-state index < -0.39 is 0 Å². The minimum absolute atomic E-state index is 0.191. The van der Waals surface area contributed by atoms with E-state index in [1.165, 1.54) is 16.9 Å². The molecule has 0 aliphatic rings. The van der Waals surface area contributed by atoms with E-state index in [4.69, 9.17) is 0 Å². The first-order chi connectivity index (χ1) is 11.3. The van der Waals surface area contributed by atoms with E-state index in [0.717, 1.165) is 29.5 Å². The zero-order valence-electron chi connectivity index (χ0n) is 12.8. The lowest BCUT2D eigenvalue weighted by Gasteiger charge is -2.05. The number of benzene rings is 2. The maximum absolute atomic E-state index is 11.9. The number of rotatable bonds is 6. The topological polar surface area (TPSA) is 54.0 Å². The molecule has 0 radical (unpaired) electrons. The number of unbranched alkanes of at least 4 members (excludes halogenated alkanes) is 1. The van der Waals surface area contributed by atoms with Gasteiger partial charge in [0.25, 0.3) is 0 Å². The third-order valence-corrected chi connectivity index (χ3v) is 4.49. The Balaban J connectivity index is 1.38. The van der Waals surface area contributed by atoms with Gasteiger partial charge in [0, 0.05) is 6.54 Å². The van der Waals surface area contributed by atoms with E-state index in [-0.39, 0.29) is 6.03 Å². The molecule has 3 rings (SSSR count). The Kier molecular flexibility index (Phi) is 5.21. The van der Waals surface area contributed by atoms with Gasteiger partial charge in [0.1, 0.15) is 0 Å². The number of anilines is 1. The number of nitrogens with zero attached hydrogens (tertiary/aromatic N) is 1. The summed E-state index contributed by atoms with van der Waals surface area (Å²) in [6.07, 6.45) is 3.07. The molecule has 0 saturated carbocycles. The summed E-state index contributed by atoms with van der Waals surface area (Å²) < 4.78 is 1.07. The highest BCUT2D eigenvalue weighted by Crippen LogP contribution is 2.25. The number of amides is 2. The lowest BCUT2D eigenvalue weighted by atomic mass is 10.1. The number of fused-ring (bicyclic) bond motifs is 1. The fourth-order valence-electron chi connectivity index (χ4n) is 2.37. The number of aryl methyl sites for hydroxylation is 1. The van der Waals surface area contributed by atoms with Crippen molar-refractivity contribution in [2.24, 2.45) is 0 Å². The summed E-state index contributed by atoms with van der Waals surface area (Å²) in [4.78, 5) is 16.3. The van der Waals surface area contributed by atoms with Crippen LogP contribution in [0.4, 0.5) is 9.93 Å². The van der Waals surface area contributed by atoms with Gasteiger partial charge in [-0.15, -0.1) is 0 Å². The Bertz CT molecular complexity index is 737. The van der Waals surface area contributed by atoms with Gasteiger partial charge in [-0.1, -0.05) is 53.8 Å². The van der Waals surface area contributed by atoms with Crippen LogP contribution in [0.1, 0.15) is 18.4 Å². The fourth-order valence-corrected chi connectivity index (χ4v) is 3.23. The maximum Gasteiger partial charge on any atom is 0.321 e. The van der Waals surface area contributed by atoms with Crippen LogP contribution >= 0.6 is 11.3 Å². The molecule has 2 N–H and O–H groups in total. The monoisotopic (exact) mass is 325 g/mol. The normalized spacial score (nSPS) is 10.6. The Morgan fingerprint density at radius 2 is 1.78 bits per heavy atom. The number of hydrogen-bond acceptors (Lipinski definition) is 3. The molecule has 4 nitrogen and oxygen atoms in total. The van der Waals surface area contributed by atoms with Crippen LogP contribution in [-0.4, -0.2) is 17.6 Å². The van der Waals surface area contributed by atoms with E-state index in [1.54, 1.807) is 0 Å². The van der Waals surface area contributed by atoms with Gasteiger partial charge in [-0.25, -0.2) is 9.78 Å². The van der Waals surface area contributed by atoms with Gasteiger partial charge in [0.05, 0.1) is 10.2 Å². The summed E-state index contributed by atoms with van der Waals surface area (Å²) in [5.41, 5.74) is 2.25. The zero-order chi connectivity index (χ0) is 15.9.